The van der Waals surface area contributed by atoms with Gasteiger partial charge in [0.2, 0.25) is 5.91 Å². The molecule has 2 N–H and O–H groups in total. The average Bonchev–Trinajstić information content (AvgIpc) is 3.24. The summed E-state index contributed by atoms with van der Waals surface area (Å²) in [6, 6.07) is 19.8. The van der Waals surface area contributed by atoms with E-state index >= 15 is 0 Å². The summed E-state index contributed by atoms with van der Waals surface area (Å²) in [6.07, 6.45) is 1.47. The van der Waals surface area contributed by atoms with E-state index in [0.717, 1.165) is 25.9 Å². The number of nitrogens with zero attached hydrogens (tertiary/aromatic N) is 2. The van der Waals surface area contributed by atoms with Crippen LogP contribution in [0.3, 0.4) is 0 Å². The molecule has 29 heavy (non-hydrogen) atoms. The molecule has 0 bridgehead atoms. The van der Waals surface area contributed by atoms with Crippen LogP contribution in [0.25, 0.3) is 0 Å². The predicted molar refractivity (Wildman–Crippen MR) is 113 cm³/mol. The second-order valence-corrected chi connectivity index (χ2v) is 8.19. The van der Waals surface area contributed by atoms with Gasteiger partial charge in [0.15, 0.2) is 0 Å². The van der Waals surface area contributed by atoms with Gasteiger partial charge in [-0.3, -0.25) is 9.59 Å². The first-order valence-electron chi connectivity index (χ1n) is 10.6. The average molecular weight is 392 g/mol. The van der Waals surface area contributed by atoms with Crippen LogP contribution in [0, 0.1) is 11.8 Å². The van der Waals surface area contributed by atoms with E-state index in [1.807, 2.05) is 58.3 Å². The number of likely N-dealkylation sites (tertiary alicyclic amines) is 2. The van der Waals surface area contributed by atoms with E-state index < -0.39 is 0 Å². The van der Waals surface area contributed by atoms with E-state index in [1.165, 1.54) is 5.56 Å². The van der Waals surface area contributed by atoms with E-state index in [4.69, 9.17) is 5.73 Å². The lowest BCUT2D eigenvalue weighted by atomic mass is 9.89. The molecule has 0 spiro atoms. The molecule has 0 radical (unpaired) electrons. The summed E-state index contributed by atoms with van der Waals surface area (Å²) in [6.45, 7) is 3.35. The Kier molecular flexibility index (Phi) is 5.95. The monoisotopic (exact) mass is 391 g/mol. The molecular weight excluding hydrogens is 362 g/mol. The fourth-order valence-corrected chi connectivity index (χ4v) is 4.72. The third-order valence-corrected chi connectivity index (χ3v) is 6.44. The number of amides is 2. The van der Waals surface area contributed by atoms with E-state index in [2.05, 4.69) is 12.1 Å². The Balaban J connectivity index is 1.36. The zero-order valence-electron chi connectivity index (χ0n) is 16.7. The van der Waals surface area contributed by atoms with Crippen molar-refractivity contribution in [2.75, 3.05) is 32.7 Å². The van der Waals surface area contributed by atoms with Crippen LogP contribution < -0.4 is 5.73 Å². The van der Waals surface area contributed by atoms with Crippen LogP contribution in [0.1, 0.15) is 34.7 Å². The molecular formula is C24H29N3O2. The third kappa shape index (κ3) is 4.20. The standard InChI is InChI=1S/C24H29N3O2/c25-15-21-16-27(17-22(21)18-7-3-1-4-8-18)24(29)20-11-13-26(14-12-20)23(28)19-9-5-2-6-10-19/h1-10,20-22H,11-17,25H2/t21-,22+/m1/s1. The molecule has 0 saturated carbocycles. The molecule has 152 valence electrons. The maximum atomic E-state index is 13.2. The number of rotatable bonds is 4. The van der Waals surface area contributed by atoms with Crippen molar-refractivity contribution in [1.29, 1.82) is 0 Å². The number of benzene rings is 2. The first kappa shape index (κ1) is 19.6. The van der Waals surface area contributed by atoms with Gasteiger partial charge in [-0.1, -0.05) is 48.5 Å². The van der Waals surface area contributed by atoms with Crippen molar-refractivity contribution in [2.24, 2.45) is 17.6 Å². The lowest BCUT2D eigenvalue weighted by Crippen LogP contribution is -2.44. The molecule has 2 atom stereocenters. The number of carbonyl (C=O) groups is 2. The van der Waals surface area contributed by atoms with Crippen molar-refractivity contribution in [3.63, 3.8) is 0 Å². The molecule has 2 amide bonds. The molecule has 2 saturated heterocycles. The molecule has 2 fully saturated rings. The van der Waals surface area contributed by atoms with Gasteiger partial charge in [0.05, 0.1) is 0 Å². The molecule has 0 unspecified atom stereocenters. The van der Waals surface area contributed by atoms with Gasteiger partial charge in [-0.15, -0.1) is 0 Å². The van der Waals surface area contributed by atoms with Crippen LogP contribution in [0.5, 0.6) is 0 Å². The van der Waals surface area contributed by atoms with Crippen molar-refractivity contribution in [1.82, 2.24) is 9.80 Å². The summed E-state index contributed by atoms with van der Waals surface area (Å²) < 4.78 is 0. The van der Waals surface area contributed by atoms with E-state index in [9.17, 15) is 9.59 Å². The Hall–Kier alpha value is -2.66. The van der Waals surface area contributed by atoms with Gasteiger partial charge >= 0.3 is 0 Å². The van der Waals surface area contributed by atoms with E-state index in [1.54, 1.807) is 0 Å². The summed E-state index contributed by atoms with van der Waals surface area (Å²) in [5, 5.41) is 0. The highest BCUT2D eigenvalue weighted by Gasteiger charge is 2.38. The number of hydrogen-bond acceptors (Lipinski definition) is 3. The van der Waals surface area contributed by atoms with Gasteiger partial charge < -0.3 is 15.5 Å². The summed E-state index contributed by atoms with van der Waals surface area (Å²) in [4.78, 5) is 29.7. The smallest absolute Gasteiger partial charge is 0.253 e. The molecule has 4 rings (SSSR count). The summed E-state index contributed by atoms with van der Waals surface area (Å²) in [7, 11) is 0. The van der Waals surface area contributed by atoms with Gasteiger partial charge in [0.1, 0.15) is 0 Å². The molecule has 5 heteroatoms. The van der Waals surface area contributed by atoms with E-state index in [-0.39, 0.29) is 17.7 Å². The molecule has 2 heterocycles. The number of carbonyl (C=O) groups excluding carboxylic acids is 2. The highest BCUT2D eigenvalue weighted by Crippen LogP contribution is 2.34. The minimum Gasteiger partial charge on any atom is -0.341 e. The third-order valence-electron chi connectivity index (χ3n) is 6.44. The fourth-order valence-electron chi connectivity index (χ4n) is 4.72. The predicted octanol–water partition coefficient (Wildman–Crippen LogP) is 2.74. The van der Waals surface area contributed by atoms with Crippen LogP contribution in [-0.2, 0) is 4.79 Å². The SMILES string of the molecule is NC[C@@H]1CN(C(=O)C2CCN(C(=O)c3ccccc3)CC2)C[C@H]1c1ccccc1. The molecule has 2 aromatic rings. The van der Waals surface area contributed by atoms with Crippen LogP contribution in [0.15, 0.2) is 60.7 Å². The van der Waals surface area contributed by atoms with Crippen LogP contribution in [0.2, 0.25) is 0 Å². The van der Waals surface area contributed by atoms with E-state index in [0.29, 0.717) is 37.0 Å². The molecule has 2 aliphatic heterocycles. The minimum absolute atomic E-state index is 0.00257. The lowest BCUT2D eigenvalue weighted by Gasteiger charge is -2.33. The maximum Gasteiger partial charge on any atom is 0.253 e. The largest absolute Gasteiger partial charge is 0.341 e. The first-order chi connectivity index (χ1) is 14.2. The lowest BCUT2D eigenvalue weighted by molar-refractivity contribution is -0.136. The van der Waals surface area contributed by atoms with Crippen molar-refractivity contribution < 1.29 is 9.59 Å². The number of hydrogen-bond donors (Lipinski definition) is 1. The molecule has 0 aromatic heterocycles. The summed E-state index contributed by atoms with van der Waals surface area (Å²) in [5.74, 6) is 0.910. The molecule has 2 aromatic carbocycles. The summed E-state index contributed by atoms with van der Waals surface area (Å²) >= 11 is 0. The van der Waals surface area contributed by atoms with Gasteiger partial charge in [-0.25, -0.2) is 0 Å². The normalized spacial score (nSPS) is 22.7. The summed E-state index contributed by atoms with van der Waals surface area (Å²) in [5.41, 5.74) is 8.01. The number of piperidine rings is 1. The topological polar surface area (TPSA) is 66.6 Å². The zero-order valence-corrected chi connectivity index (χ0v) is 16.7. The molecule has 2 aliphatic rings. The van der Waals surface area contributed by atoms with Gasteiger partial charge in [0.25, 0.3) is 5.91 Å². The van der Waals surface area contributed by atoms with Crippen molar-refractivity contribution in [3.8, 4) is 0 Å². The highest BCUT2D eigenvalue weighted by atomic mass is 16.2. The Morgan fingerprint density at radius 1 is 0.862 bits per heavy atom. The van der Waals surface area contributed by atoms with Gasteiger partial charge in [-0.05, 0) is 43.0 Å². The Morgan fingerprint density at radius 3 is 2.10 bits per heavy atom. The quantitative estimate of drug-likeness (QED) is 0.871. The van der Waals surface area contributed by atoms with Crippen LogP contribution >= 0.6 is 0 Å². The van der Waals surface area contributed by atoms with Crippen molar-refractivity contribution in [2.45, 2.75) is 18.8 Å². The second-order valence-electron chi connectivity index (χ2n) is 8.19. The minimum atomic E-state index is 0.00257. The molecule has 5 nitrogen and oxygen atoms in total. The Labute approximate surface area is 172 Å². The van der Waals surface area contributed by atoms with Crippen molar-refractivity contribution in [3.05, 3.63) is 71.8 Å². The highest BCUT2D eigenvalue weighted by molar-refractivity contribution is 5.94. The van der Waals surface area contributed by atoms with Crippen LogP contribution in [0.4, 0.5) is 0 Å². The second kappa shape index (κ2) is 8.78. The van der Waals surface area contributed by atoms with Gasteiger partial charge in [-0.2, -0.15) is 0 Å². The van der Waals surface area contributed by atoms with Crippen LogP contribution in [-0.4, -0.2) is 54.3 Å². The zero-order chi connectivity index (χ0) is 20.2. The van der Waals surface area contributed by atoms with Crippen molar-refractivity contribution >= 4 is 11.8 Å². The van der Waals surface area contributed by atoms with Gasteiger partial charge in [0, 0.05) is 43.6 Å². The first-order valence-corrected chi connectivity index (χ1v) is 10.6. The Morgan fingerprint density at radius 2 is 1.48 bits per heavy atom. The number of nitrogens with two attached hydrogens (primary N) is 1. The fraction of sp³-hybridized carbons (Fsp3) is 0.417. The Bertz CT molecular complexity index is 832. The molecule has 0 aliphatic carbocycles. The maximum absolute atomic E-state index is 13.2.